The van der Waals surface area contributed by atoms with Gasteiger partial charge in [-0.05, 0) is 52.6 Å². The first-order valence-corrected chi connectivity index (χ1v) is 7.31. The first-order chi connectivity index (χ1) is 7.07. The molecule has 1 fully saturated rings. The Kier molecular flexibility index (Phi) is 5.44. The molecule has 1 N–H and O–H groups in total. The van der Waals surface area contributed by atoms with Gasteiger partial charge >= 0.3 is 0 Å². The highest BCUT2D eigenvalue weighted by Crippen LogP contribution is 2.20. The second-order valence-corrected chi connectivity index (χ2v) is 6.57. The standard InChI is InChI=1S/C12H26N2S/c1-5-14-8-6-11(7-9-14)13-10-12(2,3)15-4/h11,13H,5-10H2,1-4H3. The van der Waals surface area contributed by atoms with E-state index in [1.165, 1.54) is 32.5 Å². The van der Waals surface area contributed by atoms with E-state index in [0.717, 1.165) is 12.6 Å². The first-order valence-electron chi connectivity index (χ1n) is 6.08. The summed E-state index contributed by atoms with van der Waals surface area (Å²) in [4.78, 5) is 2.54. The van der Waals surface area contributed by atoms with Crippen molar-refractivity contribution in [1.29, 1.82) is 0 Å². The van der Waals surface area contributed by atoms with Gasteiger partial charge in [0, 0.05) is 17.3 Å². The third kappa shape index (κ3) is 4.75. The van der Waals surface area contributed by atoms with Gasteiger partial charge in [0.15, 0.2) is 0 Å². The van der Waals surface area contributed by atoms with Gasteiger partial charge in [0.05, 0.1) is 0 Å². The molecule has 0 bridgehead atoms. The van der Waals surface area contributed by atoms with Gasteiger partial charge in [-0.25, -0.2) is 0 Å². The molecule has 2 nitrogen and oxygen atoms in total. The van der Waals surface area contributed by atoms with E-state index in [-0.39, 0.29) is 0 Å². The molecule has 0 spiro atoms. The molecule has 3 heteroatoms. The number of likely N-dealkylation sites (tertiary alicyclic amines) is 1. The molecule has 0 unspecified atom stereocenters. The van der Waals surface area contributed by atoms with E-state index >= 15 is 0 Å². The van der Waals surface area contributed by atoms with Crippen LogP contribution in [0.25, 0.3) is 0 Å². The first kappa shape index (κ1) is 13.3. The van der Waals surface area contributed by atoms with E-state index in [9.17, 15) is 0 Å². The number of nitrogens with one attached hydrogen (secondary N) is 1. The number of hydrogen-bond acceptors (Lipinski definition) is 3. The van der Waals surface area contributed by atoms with Crippen molar-refractivity contribution in [2.24, 2.45) is 0 Å². The molecule has 1 heterocycles. The second-order valence-electron chi connectivity index (χ2n) is 5.05. The van der Waals surface area contributed by atoms with Crippen molar-refractivity contribution in [1.82, 2.24) is 10.2 Å². The molecule has 90 valence electrons. The lowest BCUT2D eigenvalue weighted by Gasteiger charge is -2.33. The van der Waals surface area contributed by atoms with Crippen LogP contribution in [-0.2, 0) is 0 Å². The minimum absolute atomic E-state index is 0.377. The van der Waals surface area contributed by atoms with Gasteiger partial charge in [0.1, 0.15) is 0 Å². The van der Waals surface area contributed by atoms with E-state index < -0.39 is 0 Å². The van der Waals surface area contributed by atoms with Crippen molar-refractivity contribution >= 4 is 11.8 Å². The molecule has 0 aromatic rings. The summed E-state index contributed by atoms with van der Waals surface area (Å²) in [7, 11) is 0. The highest BCUT2D eigenvalue weighted by Gasteiger charge is 2.21. The van der Waals surface area contributed by atoms with Crippen LogP contribution in [0.4, 0.5) is 0 Å². The van der Waals surface area contributed by atoms with E-state index in [1.54, 1.807) is 0 Å². The zero-order chi connectivity index (χ0) is 11.3. The summed E-state index contributed by atoms with van der Waals surface area (Å²) in [6.45, 7) is 11.8. The Hall–Kier alpha value is 0.270. The average molecular weight is 230 g/mol. The lowest BCUT2D eigenvalue weighted by molar-refractivity contribution is 0.205. The number of piperidine rings is 1. The lowest BCUT2D eigenvalue weighted by Crippen LogP contribution is -2.45. The van der Waals surface area contributed by atoms with Gasteiger partial charge in [-0.3, -0.25) is 0 Å². The SMILES string of the molecule is CCN1CCC(NCC(C)(C)SC)CC1. The van der Waals surface area contributed by atoms with Crippen molar-refractivity contribution < 1.29 is 0 Å². The van der Waals surface area contributed by atoms with Crippen LogP contribution in [0.1, 0.15) is 33.6 Å². The van der Waals surface area contributed by atoms with Gasteiger partial charge in [-0.1, -0.05) is 6.92 Å². The third-order valence-electron chi connectivity index (χ3n) is 3.40. The predicted octanol–water partition coefficient (Wildman–Crippen LogP) is 2.20. The van der Waals surface area contributed by atoms with E-state index in [1.807, 2.05) is 11.8 Å². The van der Waals surface area contributed by atoms with E-state index in [4.69, 9.17) is 0 Å². The van der Waals surface area contributed by atoms with E-state index in [0.29, 0.717) is 4.75 Å². The third-order valence-corrected chi connectivity index (χ3v) is 4.65. The maximum absolute atomic E-state index is 3.71. The largest absolute Gasteiger partial charge is 0.313 e. The van der Waals surface area contributed by atoms with Crippen LogP contribution >= 0.6 is 11.8 Å². The van der Waals surface area contributed by atoms with Crippen LogP contribution < -0.4 is 5.32 Å². The normalized spacial score (nSPS) is 20.8. The number of thioether (sulfide) groups is 1. The Balaban J connectivity index is 2.19. The fourth-order valence-corrected chi connectivity index (χ4v) is 2.14. The predicted molar refractivity (Wildman–Crippen MR) is 70.7 cm³/mol. The minimum Gasteiger partial charge on any atom is -0.313 e. The fourth-order valence-electron chi connectivity index (χ4n) is 1.92. The summed E-state index contributed by atoms with van der Waals surface area (Å²) < 4.78 is 0.377. The molecule has 1 aliphatic rings. The minimum atomic E-state index is 0.377. The number of hydrogen-bond donors (Lipinski definition) is 1. The zero-order valence-electron chi connectivity index (χ0n) is 10.7. The van der Waals surface area contributed by atoms with Crippen LogP contribution in [0, 0.1) is 0 Å². The van der Waals surface area contributed by atoms with Gasteiger partial charge in [0.2, 0.25) is 0 Å². The highest BCUT2D eigenvalue weighted by molar-refractivity contribution is 7.99. The van der Waals surface area contributed by atoms with Crippen molar-refractivity contribution in [3.63, 3.8) is 0 Å². The molecule has 0 aromatic carbocycles. The van der Waals surface area contributed by atoms with Gasteiger partial charge in [-0.2, -0.15) is 11.8 Å². The van der Waals surface area contributed by atoms with Gasteiger partial charge in [-0.15, -0.1) is 0 Å². The molecule has 0 saturated carbocycles. The van der Waals surface area contributed by atoms with Crippen LogP contribution in [0.5, 0.6) is 0 Å². The number of rotatable bonds is 5. The molecule has 0 aliphatic carbocycles. The summed E-state index contributed by atoms with van der Waals surface area (Å²) in [5, 5.41) is 3.71. The Labute approximate surface area is 99.2 Å². The summed E-state index contributed by atoms with van der Waals surface area (Å²) in [6, 6.07) is 0.749. The van der Waals surface area contributed by atoms with Gasteiger partial charge in [0.25, 0.3) is 0 Å². The molecule has 0 amide bonds. The lowest BCUT2D eigenvalue weighted by atomic mass is 10.0. The average Bonchev–Trinajstić information content (AvgIpc) is 2.27. The molecule has 1 rings (SSSR count). The fraction of sp³-hybridized carbons (Fsp3) is 1.00. The van der Waals surface area contributed by atoms with Gasteiger partial charge < -0.3 is 10.2 Å². The van der Waals surface area contributed by atoms with Crippen molar-refractivity contribution in [2.45, 2.75) is 44.4 Å². The smallest absolute Gasteiger partial charge is 0.0225 e. The summed E-state index contributed by atoms with van der Waals surface area (Å²) in [5.74, 6) is 0. The molecular formula is C12H26N2S. The molecule has 1 aliphatic heterocycles. The molecule has 1 saturated heterocycles. The van der Waals surface area contributed by atoms with Crippen molar-refractivity contribution in [3.8, 4) is 0 Å². The molecule has 0 atom stereocenters. The Morgan fingerprint density at radius 3 is 2.40 bits per heavy atom. The maximum Gasteiger partial charge on any atom is 0.0225 e. The van der Waals surface area contributed by atoms with Crippen molar-refractivity contribution in [2.75, 3.05) is 32.4 Å². The Bertz CT molecular complexity index is 174. The number of nitrogens with zero attached hydrogens (tertiary/aromatic N) is 1. The summed E-state index contributed by atoms with van der Waals surface area (Å²) in [5.41, 5.74) is 0. The monoisotopic (exact) mass is 230 g/mol. The quantitative estimate of drug-likeness (QED) is 0.779. The Morgan fingerprint density at radius 1 is 1.33 bits per heavy atom. The highest BCUT2D eigenvalue weighted by atomic mass is 32.2. The topological polar surface area (TPSA) is 15.3 Å². The molecule has 0 radical (unpaired) electrons. The molecule has 0 aromatic heterocycles. The van der Waals surface area contributed by atoms with Crippen LogP contribution in [0.2, 0.25) is 0 Å². The zero-order valence-corrected chi connectivity index (χ0v) is 11.5. The molecule has 15 heavy (non-hydrogen) atoms. The second kappa shape index (κ2) is 6.12. The maximum atomic E-state index is 3.71. The van der Waals surface area contributed by atoms with Crippen molar-refractivity contribution in [3.05, 3.63) is 0 Å². The van der Waals surface area contributed by atoms with Crippen LogP contribution in [0.3, 0.4) is 0 Å². The summed E-state index contributed by atoms with van der Waals surface area (Å²) >= 11 is 1.95. The van der Waals surface area contributed by atoms with Crippen LogP contribution in [0.15, 0.2) is 0 Å². The molecular weight excluding hydrogens is 204 g/mol. The Morgan fingerprint density at radius 2 is 1.93 bits per heavy atom. The van der Waals surface area contributed by atoms with E-state index in [2.05, 4.69) is 37.2 Å². The summed E-state index contributed by atoms with van der Waals surface area (Å²) in [6.07, 6.45) is 4.83. The van der Waals surface area contributed by atoms with Crippen LogP contribution in [-0.4, -0.2) is 48.1 Å².